The number of carboxylic acid groups (broad SMARTS) is 1. The molecule has 1 aromatic rings. The van der Waals surface area contributed by atoms with Crippen LogP contribution in [0.2, 0.25) is 0 Å². The Kier molecular flexibility index (Phi) is 20.3. The van der Waals surface area contributed by atoms with Gasteiger partial charge in [-0.1, -0.05) is 26.0 Å². The number of likely N-dealkylation sites (tertiary alicyclic amines) is 1. The van der Waals surface area contributed by atoms with E-state index in [4.69, 9.17) is 11.5 Å². The lowest BCUT2D eigenvalue weighted by molar-refractivity contribution is -0.142. The number of carbonyl (C=O) groups is 8. The van der Waals surface area contributed by atoms with Crippen molar-refractivity contribution in [1.29, 1.82) is 0 Å². The average Bonchev–Trinajstić information content (AvgIpc) is 3.94. The normalized spacial score (nSPS) is 18.3. The fraction of sp³-hybridized carbons (Fsp3) is 0.625. The van der Waals surface area contributed by atoms with Crippen LogP contribution in [-0.4, -0.2) is 149 Å². The van der Waals surface area contributed by atoms with Gasteiger partial charge in [0.2, 0.25) is 41.4 Å². The molecular weight excluding hydrogens is 811 g/mol. The minimum absolute atomic E-state index is 0.0235. The number of benzene rings is 1. The van der Waals surface area contributed by atoms with Gasteiger partial charge in [-0.2, -0.15) is 0 Å². The van der Waals surface area contributed by atoms with Crippen molar-refractivity contribution < 1.29 is 53.7 Å². The summed E-state index contributed by atoms with van der Waals surface area (Å²) in [4.78, 5) is 112. The minimum Gasteiger partial charge on any atom is -0.508 e. The Balaban J connectivity index is 1.85. The summed E-state index contributed by atoms with van der Waals surface area (Å²) in [6.45, 7) is 5.82. The molecule has 0 spiro atoms. The highest BCUT2D eigenvalue weighted by atomic mass is 16.4. The fourth-order valence-corrected chi connectivity index (χ4v) is 7.18. The molecule has 344 valence electrons. The van der Waals surface area contributed by atoms with E-state index >= 15 is 0 Å². The molecule has 22 nitrogen and oxygen atoms in total. The van der Waals surface area contributed by atoms with E-state index in [1.165, 1.54) is 29.2 Å². The van der Waals surface area contributed by atoms with Crippen LogP contribution < -0.4 is 48.7 Å². The van der Waals surface area contributed by atoms with Crippen molar-refractivity contribution in [2.45, 2.75) is 121 Å². The van der Waals surface area contributed by atoms with Crippen LogP contribution in [-0.2, 0) is 44.8 Å². The van der Waals surface area contributed by atoms with E-state index < -0.39 is 96.7 Å². The molecule has 0 aliphatic carbocycles. The van der Waals surface area contributed by atoms with Gasteiger partial charge in [0.25, 0.3) is 0 Å². The molecule has 2 aliphatic heterocycles. The molecule has 0 saturated carbocycles. The maximum absolute atomic E-state index is 14.0. The quantitative estimate of drug-likeness (QED) is 0.0277. The molecule has 0 radical (unpaired) electrons. The fourth-order valence-electron chi connectivity index (χ4n) is 7.18. The summed E-state index contributed by atoms with van der Waals surface area (Å²) in [5.41, 5.74) is 11.4. The second-order valence-electron chi connectivity index (χ2n) is 15.8. The molecule has 0 aromatic heterocycles. The molecule has 0 unspecified atom stereocenters. The van der Waals surface area contributed by atoms with Gasteiger partial charge in [-0.05, 0) is 82.0 Å². The SMILES string of the molecule is CCNC(=O)[C@@H]1CCCN1C(=O)[C@H](CCCN=C(N)N)NC(=O)[C@H](CC(C)C)NC(=O)[C@@H](CC(=O)O)NC(=O)[C@H](Cc1ccc(O)cc1)NC(=O)[C@H](CO)NC(=O)[C@@H]1CCCN1. The van der Waals surface area contributed by atoms with E-state index in [9.17, 15) is 53.7 Å². The first-order valence-electron chi connectivity index (χ1n) is 20.9. The van der Waals surface area contributed by atoms with Gasteiger partial charge in [-0.3, -0.25) is 43.3 Å². The van der Waals surface area contributed by atoms with Crippen molar-refractivity contribution in [2.24, 2.45) is 22.4 Å². The molecular formula is C40H63N11O11. The molecule has 0 bridgehead atoms. The lowest BCUT2D eigenvalue weighted by Crippen LogP contribution is -2.61. The number of rotatable bonds is 24. The van der Waals surface area contributed by atoms with Gasteiger partial charge in [0, 0.05) is 26.1 Å². The minimum atomic E-state index is -1.79. The first-order chi connectivity index (χ1) is 29.4. The zero-order valence-electron chi connectivity index (χ0n) is 35.5. The van der Waals surface area contributed by atoms with Gasteiger partial charge >= 0.3 is 5.97 Å². The van der Waals surface area contributed by atoms with Crippen molar-refractivity contribution in [3.63, 3.8) is 0 Å². The lowest BCUT2D eigenvalue weighted by atomic mass is 10.0. The second kappa shape index (κ2) is 25.0. The predicted molar refractivity (Wildman–Crippen MR) is 225 cm³/mol. The Morgan fingerprint density at radius 1 is 0.823 bits per heavy atom. The number of aliphatic hydroxyl groups is 1. The number of likely N-dealkylation sites (N-methyl/N-ethyl adjacent to an activating group) is 1. The number of nitrogens with two attached hydrogens (primary N) is 2. The highest BCUT2D eigenvalue weighted by Crippen LogP contribution is 2.20. The number of nitrogens with one attached hydrogen (secondary N) is 7. The zero-order valence-corrected chi connectivity index (χ0v) is 35.5. The number of amides is 7. The number of carboxylic acids is 1. The maximum atomic E-state index is 14.0. The van der Waals surface area contributed by atoms with E-state index in [0.717, 1.165) is 6.42 Å². The van der Waals surface area contributed by atoms with E-state index in [2.05, 4.69) is 42.2 Å². The van der Waals surface area contributed by atoms with Gasteiger partial charge in [0.15, 0.2) is 5.96 Å². The van der Waals surface area contributed by atoms with Crippen LogP contribution >= 0.6 is 0 Å². The Morgan fingerprint density at radius 3 is 2.03 bits per heavy atom. The molecule has 2 fully saturated rings. The number of phenols is 1. The number of aliphatic imine (C=N–C) groups is 1. The number of guanidine groups is 1. The molecule has 62 heavy (non-hydrogen) atoms. The number of hydrogen-bond donors (Lipinski definition) is 12. The van der Waals surface area contributed by atoms with Gasteiger partial charge in [0.05, 0.1) is 19.1 Å². The predicted octanol–water partition coefficient (Wildman–Crippen LogP) is -3.20. The molecule has 14 N–H and O–H groups in total. The van der Waals surface area contributed by atoms with Crippen LogP contribution in [0.3, 0.4) is 0 Å². The monoisotopic (exact) mass is 873 g/mol. The first kappa shape index (κ1) is 50.3. The number of aliphatic carboxylic acids is 1. The van der Waals surface area contributed by atoms with Crippen LogP contribution in [0.4, 0.5) is 0 Å². The molecule has 2 saturated heterocycles. The van der Waals surface area contributed by atoms with Crippen LogP contribution in [0.5, 0.6) is 5.75 Å². The third-order valence-electron chi connectivity index (χ3n) is 10.3. The Labute approximate surface area is 360 Å². The van der Waals surface area contributed by atoms with Crippen molar-refractivity contribution in [2.75, 3.05) is 32.8 Å². The Morgan fingerprint density at radius 2 is 1.44 bits per heavy atom. The third kappa shape index (κ3) is 16.1. The van der Waals surface area contributed by atoms with Crippen molar-refractivity contribution in [3.8, 4) is 5.75 Å². The van der Waals surface area contributed by atoms with Gasteiger partial charge in [-0.15, -0.1) is 0 Å². The van der Waals surface area contributed by atoms with Crippen LogP contribution in [0.15, 0.2) is 29.3 Å². The van der Waals surface area contributed by atoms with Crippen molar-refractivity contribution in [1.82, 2.24) is 42.1 Å². The third-order valence-corrected chi connectivity index (χ3v) is 10.3. The largest absolute Gasteiger partial charge is 0.508 e. The summed E-state index contributed by atoms with van der Waals surface area (Å²) in [5, 5.41) is 47.9. The van der Waals surface area contributed by atoms with E-state index in [-0.39, 0.29) is 62.3 Å². The summed E-state index contributed by atoms with van der Waals surface area (Å²) in [5.74, 6) is -7.16. The summed E-state index contributed by atoms with van der Waals surface area (Å²) in [7, 11) is 0. The second-order valence-corrected chi connectivity index (χ2v) is 15.8. The number of phenolic OH excluding ortho intramolecular Hbond substituents is 1. The number of nitrogens with zero attached hydrogens (tertiary/aromatic N) is 2. The number of carbonyl (C=O) groups excluding carboxylic acids is 7. The van der Waals surface area contributed by atoms with Gasteiger partial charge in [0.1, 0.15) is 42.0 Å². The first-order valence-corrected chi connectivity index (χ1v) is 20.9. The van der Waals surface area contributed by atoms with Crippen LogP contribution in [0.1, 0.15) is 77.7 Å². The number of aromatic hydroxyl groups is 1. The van der Waals surface area contributed by atoms with Crippen molar-refractivity contribution >= 4 is 53.3 Å². The molecule has 7 atom stereocenters. The number of hydrogen-bond acceptors (Lipinski definition) is 12. The van der Waals surface area contributed by atoms with E-state index in [1.54, 1.807) is 20.8 Å². The Bertz CT molecular complexity index is 1750. The smallest absolute Gasteiger partial charge is 0.305 e. The molecule has 22 heteroatoms. The topological polar surface area (TPSA) is 349 Å². The van der Waals surface area contributed by atoms with Crippen molar-refractivity contribution in [3.05, 3.63) is 29.8 Å². The van der Waals surface area contributed by atoms with Gasteiger partial charge in [-0.25, -0.2) is 0 Å². The molecule has 3 rings (SSSR count). The van der Waals surface area contributed by atoms with Crippen LogP contribution in [0.25, 0.3) is 0 Å². The standard InChI is InChI=1S/C40H63N11O11/c1-4-43-38(61)31-10-7-17-51(31)39(62)26(9-6-16-45-40(41)42)46-34(57)27(18-22(2)3)47-36(59)29(20-32(54)55)49-35(58)28(19-23-11-13-24(53)14-12-23)48-37(60)30(21-52)50-33(56)25-8-5-15-44-25/h11-14,22,25-31,44,52-53H,4-10,15-21H2,1-3H3,(H,43,61)(H,46,57)(H,47,59)(H,48,60)(H,49,58)(H,50,56)(H,54,55)(H4,41,42,45)/t25-,26-,27-,28-,29+,30-,31-/m0/s1. The summed E-state index contributed by atoms with van der Waals surface area (Å²) in [6.07, 6.45) is 1.39. The molecule has 7 amide bonds. The molecule has 2 heterocycles. The maximum Gasteiger partial charge on any atom is 0.305 e. The van der Waals surface area contributed by atoms with Gasteiger partial charge < -0.3 is 68.9 Å². The zero-order chi connectivity index (χ0) is 45.9. The highest BCUT2D eigenvalue weighted by Gasteiger charge is 2.39. The molecule has 2 aliphatic rings. The van der Waals surface area contributed by atoms with Crippen LogP contribution in [0, 0.1) is 5.92 Å². The highest BCUT2D eigenvalue weighted by molar-refractivity contribution is 5.98. The summed E-state index contributed by atoms with van der Waals surface area (Å²) < 4.78 is 0. The van der Waals surface area contributed by atoms with E-state index in [0.29, 0.717) is 37.9 Å². The number of aliphatic hydroxyl groups excluding tert-OH is 1. The summed E-state index contributed by atoms with van der Waals surface area (Å²) >= 11 is 0. The summed E-state index contributed by atoms with van der Waals surface area (Å²) in [6, 6.07) is -2.98. The van der Waals surface area contributed by atoms with E-state index in [1.807, 2.05) is 0 Å². The lowest BCUT2D eigenvalue weighted by Gasteiger charge is -2.30. The molecule has 1 aromatic carbocycles. The Hall–Kier alpha value is -6.03. The average molecular weight is 874 g/mol.